The molecule has 3 heteroatoms. The second kappa shape index (κ2) is 5.97. The van der Waals surface area contributed by atoms with Gasteiger partial charge in [0.05, 0.1) is 25.2 Å². The quantitative estimate of drug-likeness (QED) is 0.735. The number of alkyl halides is 1. The van der Waals surface area contributed by atoms with Crippen LogP contribution in [0.3, 0.4) is 0 Å². The third-order valence-corrected chi connectivity index (χ3v) is 1.96. The molecular weight excluding hydrogens is 188 g/mol. The van der Waals surface area contributed by atoms with Crippen molar-refractivity contribution in [1.82, 2.24) is 0 Å². The fourth-order valence-electron chi connectivity index (χ4n) is 0.932. The van der Waals surface area contributed by atoms with Crippen molar-refractivity contribution in [1.29, 1.82) is 0 Å². The van der Waals surface area contributed by atoms with E-state index >= 15 is 0 Å². The molecule has 1 aromatic carbocycles. The van der Waals surface area contributed by atoms with Crippen LogP contribution in [0.2, 0.25) is 0 Å². The van der Waals surface area contributed by atoms with Gasteiger partial charge in [-0.05, 0) is 5.56 Å². The van der Waals surface area contributed by atoms with Crippen LogP contribution in [0.4, 0.5) is 0 Å². The monoisotopic (exact) mass is 200 g/mol. The molecule has 0 fully saturated rings. The van der Waals surface area contributed by atoms with Gasteiger partial charge in [-0.3, -0.25) is 0 Å². The molecule has 0 aliphatic carbocycles. The highest BCUT2D eigenvalue weighted by molar-refractivity contribution is 6.18. The van der Waals surface area contributed by atoms with Crippen LogP contribution in [0.1, 0.15) is 5.56 Å². The fourth-order valence-corrected chi connectivity index (χ4v) is 1.02. The Morgan fingerprint density at radius 1 is 1.31 bits per heavy atom. The summed E-state index contributed by atoms with van der Waals surface area (Å²) in [5, 5.41) is 9.08. The number of halogens is 1. The van der Waals surface area contributed by atoms with Gasteiger partial charge in [-0.2, -0.15) is 0 Å². The second-order valence-corrected chi connectivity index (χ2v) is 3.12. The van der Waals surface area contributed by atoms with Crippen LogP contribution in [0.15, 0.2) is 30.3 Å². The van der Waals surface area contributed by atoms with Crippen molar-refractivity contribution >= 4 is 11.6 Å². The van der Waals surface area contributed by atoms with Gasteiger partial charge in [-0.1, -0.05) is 30.3 Å². The van der Waals surface area contributed by atoms with E-state index < -0.39 is 6.10 Å². The number of benzene rings is 1. The molecule has 0 heterocycles. The summed E-state index contributed by atoms with van der Waals surface area (Å²) in [7, 11) is 0. The van der Waals surface area contributed by atoms with Crippen molar-refractivity contribution < 1.29 is 9.84 Å². The highest BCUT2D eigenvalue weighted by Crippen LogP contribution is 2.01. The Labute approximate surface area is 83.1 Å². The van der Waals surface area contributed by atoms with Crippen LogP contribution >= 0.6 is 11.6 Å². The molecule has 0 aromatic heterocycles. The number of aliphatic hydroxyl groups excluding tert-OH is 1. The lowest BCUT2D eigenvalue weighted by Gasteiger charge is -2.07. The van der Waals surface area contributed by atoms with E-state index in [4.69, 9.17) is 21.4 Å². The molecule has 0 radical (unpaired) electrons. The maximum Gasteiger partial charge on any atom is 0.0908 e. The summed E-state index contributed by atoms with van der Waals surface area (Å²) >= 11 is 5.40. The summed E-state index contributed by atoms with van der Waals surface area (Å²) in [5.41, 5.74) is 1.10. The zero-order valence-corrected chi connectivity index (χ0v) is 8.07. The summed E-state index contributed by atoms with van der Waals surface area (Å²) in [6.07, 6.45) is -0.564. The molecular formula is C10H13ClO2. The van der Waals surface area contributed by atoms with Crippen LogP contribution in [0, 0.1) is 0 Å². The van der Waals surface area contributed by atoms with E-state index in [1.807, 2.05) is 30.3 Å². The summed E-state index contributed by atoms with van der Waals surface area (Å²) in [4.78, 5) is 0. The fraction of sp³-hybridized carbons (Fsp3) is 0.400. The van der Waals surface area contributed by atoms with Crippen LogP contribution in [0.25, 0.3) is 0 Å². The first-order chi connectivity index (χ1) is 6.33. The highest BCUT2D eigenvalue weighted by Gasteiger charge is 2.00. The van der Waals surface area contributed by atoms with Crippen molar-refractivity contribution in [2.24, 2.45) is 0 Å². The number of rotatable bonds is 5. The lowest BCUT2D eigenvalue weighted by molar-refractivity contribution is 0.0392. The Morgan fingerprint density at radius 3 is 2.62 bits per heavy atom. The molecule has 0 saturated carbocycles. The first-order valence-electron chi connectivity index (χ1n) is 4.18. The molecule has 1 atom stereocenters. The predicted octanol–water partition coefficient (Wildman–Crippen LogP) is 1.80. The molecule has 2 nitrogen and oxygen atoms in total. The lowest BCUT2D eigenvalue weighted by Crippen LogP contribution is -2.16. The zero-order chi connectivity index (χ0) is 9.52. The Hall–Kier alpha value is -0.570. The second-order valence-electron chi connectivity index (χ2n) is 2.81. The topological polar surface area (TPSA) is 29.5 Å². The van der Waals surface area contributed by atoms with Gasteiger partial charge in [0, 0.05) is 0 Å². The minimum absolute atomic E-state index is 0.217. The largest absolute Gasteiger partial charge is 0.389 e. The molecule has 72 valence electrons. The van der Waals surface area contributed by atoms with Crippen LogP contribution < -0.4 is 0 Å². The van der Waals surface area contributed by atoms with Crippen molar-refractivity contribution in [3.05, 3.63) is 35.9 Å². The van der Waals surface area contributed by atoms with Gasteiger partial charge in [-0.15, -0.1) is 11.6 Å². The summed E-state index contributed by atoms with van der Waals surface area (Å²) in [6, 6.07) is 9.82. The van der Waals surface area contributed by atoms with Crippen molar-refractivity contribution in [3.8, 4) is 0 Å². The summed E-state index contributed by atoms with van der Waals surface area (Å²) < 4.78 is 5.24. The van der Waals surface area contributed by atoms with Crippen molar-refractivity contribution in [2.75, 3.05) is 12.5 Å². The van der Waals surface area contributed by atoms with E-state index in [0.29, 0.717) is 13.2 Å². The minimum Gasteiger partial charge on any atom is -0.389 e. The van der Waals surface area contributed by atoms with Crippen LogP contribution in [0.5, 0.6) is 0 Å². The first kappa shape index (κ1) is 10.5. The van der Waals surface area contributed by atoms with Gasteiger partial charge in [-0.25, -0.2) is 0 Å². The number of ether oxygens (including phenoxy) is 1. The SMILES string of the molecule is O[C@@H](CCl)COCc1ccccc1. The summed E-state index contributed by atoms with van der Waals surface area (Å²) in [5.74, 6) is 0.217. The molecule has 0 spiro atoms. The number of hydrogen-bond donors (Lipinski definition) is 1. The zero-order valence-electron chi connectivity index (χ0n) is 7.32. The average molecular weight is 201 g/mol. The first-order valence-corrected chi connectivity index (χ1v) is 4.72. The predicted molar refractivity (Wildman–Crippen MR) is 52.8 cm³/mol. The molecule has 13 heavy (non-hydrogen) atoms. The van der Waals surface area contributed by atoms with E-state index in [9.17, 15) is 0 Å². The molecule has 1 aromatic rings. The smallest absolute Gasteiger partial charge is 0.0908 e. The normalized spacial score (nSPS) is 12.8. The van der Waals surface area contributed by atoms with Gasteiger partial charge >= 0.3 is 0 Å². The molecule has 1 N–H and O–H groups in total. The van der Waals surface area contributed by atoms with Crippen LogP contribution in [-0.2, 0) is 11.3 Å². The van der Waals surface area contributed by atoms with Crippen molar-refractivity contribution in [3.63, 3.8) is 0 Å². The lowest BCUT2D eigenvalue weighted by atomic mass is 10.2. The van der Waals surface area contributed by atoms with E-state index in [0.717, 1.165) is 5.56 Å². The highest BCUT2D eigenvalue weighted by atomic mass is 35.5. The van der Waals surface area contributed by atoms with Gasteiger partial charge in [0.2, 0.25) is 0 Å². The molecule has 0 aliphatic heterocycles. The molecule has 1 rings (SSSR count). The van der Waals surface area contributed by atoms with E-state index in [1.54, 1.807) is 0 Å². The Bertz CT molecular complexity index is 226. The molecule has 0 amide bonds. The van der Waals surface area contributed by atoms with E-state index in [2.05, 4.69) is 0 Å². The minimum atomic E-state index is -0.564. The van der Waals surface area contributed by atoms with Crippen molar-refractivity contribution in [2.45, 2.75) is 12.7 Å². The third-order valence-electron chi connectivity index (χ3n) is 1.60. The molecule has 0 unspecified atom stereocenters. The molecule has 0 aliphatic rings. The summed E-state index contributed by atoms with van der Waals surface area (Å²) in [6.45, 7) is 0.813. The standard InChI is InChI=1S/C10H13ClO2/c11-6-10(12)8-13-7-9-4-2-1-3-5-9/h1-5,10,12H,6-8H2/t10-/m0/s1. The van der Waals surface area contributed by atoms with Gasteiger partial charge in [0.15, 0.2) is 0 Å². The molecule has 0 bridgehead atoms. The molecule has 0 saturated heterocycles. The van der Waals surface area contributed by atoms with E-state index in [-0.39, 0.29) is 5.88 Å². The maximum atomic E-state index is 9.08. The Kier molecular flexibility index (Phi) is 4.83. The van der Waals surface area contributed by atoms with E-state index in [1.165, 1.54) is 0 Å². The average Bonchev–Trinajstić information content (AvgIpc) is 2.19. The third kappa shape index (κ3) is 4.27. The van der Waals surface area contributed by atoms with Gasteiger partial charge in [0.1, 0.15) is 0 Å². The van der Waals surface area contributed by atoms with Crippen LogP contribution in [-0.4, -0.2) is 23.7 Å². The Balaban J connectivity index is 2.20. The maximum absolute atomic E-state index is 9.08. The number of aliphatic hydroxyl groups is 1. The van der Waals surface area contributed by atoms with Gasteiger partial charge in [0.25, 0.3) is 0 Å². The van der Waals surface area contributed by atoms with Gasteiger partial charge < -0.3 is 9.84 Å². The Morgan fingerprint density at radius 2 is 2.00 bits per heavy atom. The number of hydrogen-bond acceptors (Lipinski definition) is 2.